The maximum Gasteiger partial charge on any atom is 0.326 e. The standard InChI is InChI=1S/C13H25N3O3S/c1-15-6-4-10(8-15)9-16(2)13(19)14-11(12(17)18)5-7-20-3/h10-11H,4-9H2,1-3H3,(H,14,19)(H,17,18). The minimum Gasteiger partial charge on any atom is -0.480 e. The Balaban J connectivity index is 2.40. The number of thioether (sulfide) groups is 1. The summed E-state index contributed by atoms with van der Waals surface area (Å²) in [6, 6.07) is -1.10. The molecule has 7 heteroatoms. The van der Waals surface area contributed by atoms with Crippen LogP contribution in [0.2, 0.25) is 0 Å². The van der Waals surface area contributed by atoms with E-state index in [-0.39, 0.29) is 6.03 Å². The summed E-state index contributed by atoms with van der Waals surface area (Å²) in [5, 5.41) is 11.7. The quantitative estimate of drug-likeness (QED) is 0.727. The number of aliphatic carboxylic acids is 1. The van der Waals surface area contributed by atoms with Crippen LogP contribution in [0.15, 0.2) is 0 Å². The molecule has 0 radical (unpaired) electrons. The smallest absolute Gasteiger partial charge is 0.326 e. The first-order valence-corrected chi connectivity index (χ1v) is 8.25. The Kier molecular flexibility index (Phi) is 7.15. The molecule has 6 nitrogen and oxygen atoms in total. The molecule has 1 fully saturated rings. The van der Waals surface area contributed by atoms with Crippen molar-refractivity contribution in [1.82, 2.24) is 15.1 Å². The second-order valence-corrected chi connectivity index (χ2v) is 6.40. The second-order valence-electron chi connectivity index (χ2n) is 5.42. The number of carboxylic acids is 1. The zero-order chi connectivity index (χ0) is 15.1. The number of nitrogens with one attached hydrogen (secondary N) is 1. The summed E-state index contributed by atoms with van der Waals surface area (Å²) < 4.78 is 0. The lowest BCUT2D eigenvalue weighted by atomic mass is 10.1. The lowest BCUT2D eigenvalue weighted by Crippen LogP contribution is -2.48. The maximum absolute atomic E-state index is 12.0. The molecule has 0 aliphatic carbocycles. The molecular weight excluding hydrogens is 278 g/mol. The van der Waals surface area contributed by atoms with E-state index < -0.39 is 12.0 Å². The number of hydrogen-bond acceptors (Lipinski definition) is 4. The highest BCUT2D eigenvalue weighted by atomic mass is 32.2. The minimum absolute atomic E-state index is 0.298. The third-order valence-electron chi connectivity index (χ3n) is 3.57. The van der Waals surface area contributed by atoms with Crippen LogP contribution >= 0.6 is 11.8 Å². The molecule has 1 saturated heterocycles. The molecule has 116 valence electrons. The van der Waals surface area contributed by atoms with Gasteiger partial charge in [0.15, 0.2) is 0 Å². The van der Waals surface area contributed by atoms with E-state index in [9.17, 15) is 9.59 Å². The number of carbonyl (C=O) groups is 2. The molecule has 0 aromatic heterocycles. The Morgan fingerprint density at radius 3 is 2.75 bits per heavy atom. The van der Waals surface area contributed by atoms with Crippen LogP contribution in [0.25, 0.3) is 0 Å². The predicted molar refractivity (Wildman–Crippen MR) is 81.2 cm³/mol. The lowest BCUT2D eigenvalue weighted by Gasteiger charge is -2.24. The molecular formula is C13H25N3O3S. The van der Waals surface area contributed by atoms with Crippen molar-refractivity contribution < 1.29 is 14.7 Å². The Labute approximate surface area is 124 Å². The van der Waals surface area contributed by atoms with E-state index in [1.165, 1.54) is 0 Å². The van der Waals surface area contributed by atoms with Crippen LogP contribution in [0.4, 0.5) is 4.79 Å². The van der Waals surface area contributed by atoms with Crippen molar-refractivity contribution in [3.63, 3.8) is 0 Å². The number of nitrogens with zero attached hydrogens (tertiary/aromatic N) is 2. The summed E-state index contributed by atoms with van der Waals surface area (Å²) in [5.41, 5.74) is 0. The first-order chi connectivity index (χ1) is 9.43. The lowest BCUT2D eigenvalue weighted by molar-refractivity contribution is -0.139. The van der Waals surface area contributed by atoms with Crippen LogP contribution in [-0.4, -0.2) is 78.7 Å². The van der Waals surface area contributed by atoms with Crippen molar-refractivity contribution in [3.8, 4) is 0 Å². The van der Waals surface area contributed by atoms with Gasteiger partial charge in [-0.2, -0.15) is 11.8 Å². The van der Waals surface area contributed by atoms with Crippen molar-refractivity contribution >= 4 is 23.8 Å². The van der Waals surface area contributed by atoms with Crippen LogP contribution in [0.5, 0.6) is 0 Å². The van der Waals surface area contributed by atoms with Crippen molar-refractivity contribution in [2.24, 2.45) is 5.92 Å². The molecule has 1 aliphatic rings. The predicted octanol–water partition coefficient (Wildman–Crippen LogP) is 0.786. The van der Waals surface area contributed by atoms with Crippen molar-refractivity contribution in [3.05, 3.63) is 0 Å². The summed E-state index contributed by atoms with van der Waals surface area (Å²) in [6.45, 7) is 2.73. The van der Waals surface area contributed by atoms with Gasteiger partial charge < -0.3 is 20.2 Å². The fourth-order valence-electron chi connectivity index (χ4n) is 2.40. The largest absolute Gasteiger partial charge is 0.480 e. The number of carbonyl (C=O) groups excluding carboxylic acids is 1. The van der Waals surface area contributed by atoms with Gasteiger partial charge in [-0.15, -0.1) is 0 Å². The first kappa shape index (κ1) is 17.1. The molecule has 0 aromatic rings. The van der Waals surface area contributed by atoms with Crippen LogP contribution < -0.4 is 5.32 Å². The Morgan fingerprint density at radius 1 is 1.55 bits per heavy atom. The van der Waals surface area contributed by atoms with E-state index in [1.807, 2.05) is 6.26 Å². The van der Waals surface area contributed by atoms with Gasteiger partial charge in [0, 0.05) is 20.1 Å². The van der Waals surface area contributed by atoms with Gasteiger partial charge in [-0.3, -0.25) is 0 Å². The number of hydrogen-bond donors (Lipinski definition) is 2. The highest BCUT2D eigenvalue weighted by Gasteiger charge is 2.25. The molecule has 2 atom stereocenters. The molecule has 1 heterocycles. The highest BCUT2D eigenvalue weighted by molar-refractivity contribution is 7.98. The van der Waals surface area contributed by atoms with Crippen molar-refractivity contribution in [2.45, 2.75) is 18.9 Å². The molecule has 0 bridgehead atoms. The summed E-state index contributed by atoms with van der Waals surface area (Å²) in [4.78, 5) is 27.0. The average molecular weight is 303 g/mol. The topological polar surface area (TPSA) is 72.9 Å². The van der Waals surface area contributed by atoms with Gasteiger partial charge in [0.05, 0.1) is 0 Å². The third kappa shape index (κ3) is 5.58. The number of carboxylic acid groups (broad SMARTS) is 1. The Hall–Kier alpha value is -0.950. The van der Waals surface area contributed by atoms with Gasteiger partial charge in [-0.25, -0.2) is 9.59 Å². The van der Waals surface area contributed by atoms with Gasteiger partial charge in [0.2, 0.25) is 0 Å². The minimum atomic E-state index is -0.971. The SMILES string of the molecule is CSCCC(NC(=O)N(C)CC1CCN(C)C1)C(=O)O. The second kappa shape index (κ2) is 8.36. The molecule has 20 heavy (non-hydrogen) atoms. The van der Waals surface area contributed by atoms with E-state index in [0.717, 1.165) is 19.5 Å². The fraction of sp³-hybridized carbons (Fsp3) is 0.846. The van der Waals surface area contributed by atoms with Gasteiger partial charge in [-0.05, 0) is 44.4 Å². The van der Waals surface area contributed by atoms with Gasteiger partial charge >= 0.3 is 12.0 Å². The molecule has 2 amide bonds. The van der Waals surface area contributed by atoms with E-state index in [0.29, 0.717) is 24.6 Å². The Bertz CT molecular complexity index is 341. The number of amides is 2. The first-order valence-electron chi connectivity index (χ1n) is 6.86. The summed E-state index contributed by atoms with van der Waals surface area (Å²) >= 11 is 1.58. The molecule has 0 spiro atoms. The molecule has 2 unspecified atom stereocenters. The van der Waals surface area contributed by atoms with Gasteiger partial charge in [-0.1, -0.05) is 0 Å². The monoisotopic (exact) mass is 303 g/mol. The molecule has 2 N–H and O–H groups in total. The average Bonchev–Trinajstić information content (AvgIpc) is 2.79. The third-order valence-corrected chi connectivity index (χ3v) is 4.22. The van der Waals surface area contributed by atoms with E-state index in [4.69, 9.17) is 5.11 Å². The number of urea groups is 1. The molecule has 0 aromatic carbocycles. The van der Waals surface area contributed by atoms with Crippen LogP contribution in [-0.2, 0) is 4.79 Å². The van der Waals surface area contributed by atoms with Crippen LogP contribution in [0.1, 0.15) is 12.8 Å². The maximum atomic E-state index is 12.0. The van der Waals surface area contributed by atoms with Crippen LogP contribution in [0.3, 0.4) is 0 Å². The van der Waals surface area contributed by atoms with Crippen LogP contribution in [0, 0.1) is 5.92 Å². The van der Waals surface area contributed by atoms with E-state index in [1.54, 1.807) is 23.7 Å². The van der Waals surface area contributed by atoms with Crippen molar-refractivity contribution in [1.29, 1.82) is 0 Å². The molecule has 0 saturated carbocycles. The Morgan fingerprint density at radius 2 is 2.25 bits per heavy atom. The van der Waals surface area contributed by atoms with E-state index in [2.05, 4.69) is 17.3 Å². The molecule has 1 rings (SSSR count). The number of rotatable bonds is 7. The van der Waals surface area contributed by atoms with Gasteiger partial charge in [0.1, 0.15) is 6.04 Å². The summed E-state index contributed by atoms with van der Waals surface area (Å²) in [6.07, 6.45) is 3.45. The zero-order valence-electron chi connectivity index (χ0n) is 12.5. The summed E-state index contributed by atoms with van der Waals surface area (Å²) in [5.74, 6) is 0.223. The summed E-state index contributed by atoms with van der Waals surface area (Å²) in [7, 11) is 3.80. The zero-order valence-corrected chi connectivity index (χ0v) is 13.3. The molecule has 1 aliphatic heterocycles. The normalized spacial score (nSPS) is 20.6. The van der Waals surface area contributed by atoms with Gasteiger partial charge in [0.25, 0.3) is 0 Å². The van der Waals surface area contributed by atoms with E-state index >= 15 is 0 Å². The fourth-order valence-corrected chi connectivity index (χ4v) is 2.87. The van der Waals surface area contributed by atoms with Crippen molar-refractivity contribution in [2.75, 3.05) is 45.7 Å². The number of likely N-dealkylation sites (tertiary alicyclic amines) is 1. The highest BCUT2D eigenvalue weighted by Crippen LogP contribution is 2.15.